The van der Waals surface area contributed by atoms with E-state index >= 15 is 0 Å². The minimum Gasteiger partial charge on any atom is -0.344 e. The van der Waals surface area contributed by atoms with Crippen molar-refractivity contribution in [3.8, 4) is 0 Å². The normalized spacial score (nSPS) is 15.4. The number of rotatable bonds is 4. The molecular formula is C23H16Cl3N3O3. The van der Waals surface area contributed by atoms with Gasteiger partial charge in [-0.1, -0.05) is 46.9 Å². The molecule has 2 aromatic carbocycles. The second-order valence-electron chi connectivity index (χ2n) is 7.20. The van der Waals surface area contributed by atoms with E-state index in [1.165, 1.54) is 12.1 Å². The number of aryl methyl sites for hydroxylation is 1. The van der Waals surface area contributed by atoms with E-state index in [4.69, 9.17) is 34.8 Å². The number of hydrogen-bond donors (Lipinski definition) is 1. The Kier molecular flexibility index (Phi) is 6.11. The van der Waals surface area contributed by atoms with Gasteiger partial charge < -0.3 is 4.57 Å². The zero-order chi connectivity index (χ0) is 23.0. The van der Waals surface area contributed by atoms with Crippen LogP contribution < -0.4 is 10.2 Å². The van der Waals surface area contributed by atoms with Crippen LogP contribution in [0.25, 0.3) is 6.08 Å². The summed E-state index contributed by atoms with van der Waals surface area (Å²) in [6.45, 7) is 2.25. The molecule has 1 saturated heterocycles. The van der Waals surface area contributed by atoms with Crippen LogP contribution in [-0.4, -0.2) is 22.4 Å². The Hall–Kier alpha value is -3.06. The lowest BCUT2D eigenvalue weighted by molar-refractivity contribution is -0.122. The Bertz CT molecular complexity index is 1300. The number of hydrogen-bond acceptors (Lipinski definition) is 3. The molecule has 1 aliphatic rings. The van der Waals surface area contributed by atoms with Gasteiger partial charge >= 0.3 is 6.03 Å². The monoisotopic (exact) mass is 487 g/mol. The Morgan fingerprint density at radius 3 is 2.44 bits per heavy atom. The highest BCUT2D eigenvalue weighted by atomic mass is 35.5. The van der Waals surface area contributed by atoms with Crippen molar-refractivity contribution in [3.05, 3.63) is 92.2 Å². The fraction of sp³-hybridized carbons (Fsp3) is 0.0870. The summed E-state index contributed by atoms with van der Waals surface area (Å²) in [5.41, 5.74) is 2.39. The molecule has 32 heavy (non-hydrogen) atoms. The highest BCUT2D eigenvalue weighted by Gasteiger charge is 2.37. The van der Waals surface area contributed by atoms with E-state index in [0.717, 1.165) is 16.0 Å². The van der Waals surface area contributed by atoms with E-state index < -0.39 is 17.8 Å². The first-order valence-electron chi connectivity index (χ1n) is 9.51. The number of carbonyl (C=O) groups excluding carboxylic acids is 3. The maximum Gasteiger partial charge on any atom is 0.335 e. The summed E-state index contributed by atoms with van der Waals surface area (Å²) in [6, 6.07) is 12.8. The molecule has 2 heterocycles. The molecular weight excluding hydrogens is 473 g/mol. The summed E-state index contributed by atoms with van der Waals surface area (Å²) in [5.74, 6) is -1.50. The third-order valence-electron chi connectivity index (χ3n) is 5.01. The summed E-state index contributed by atoms with van der Waals surface area (Å²) < 4.78 is 1.84. The van der Waals surface area contributed by atoms with E-state index in [2.05, 4.69) is 5.32 Å². The Morgan fingerprint density at radius 1 is 0.938 bits per heavy atom. The summed E-state index contributed by atoms with van der Waals surface area (Å²) in [5, 5.41) is 3.50. The summed E-state index contributed by atoms with van der Waals surface area (Å²) >= 11 is 18.2. The summed E-state index contributed by atoms with van der Waals surface area (Å²) in [4.78, 5) is 38.9. The SMILES string of the molecule is Cc1ccc(N2C(=O)NC(=O)C(=Cc3cccn3Cc3ccc(Cl)c(Cl)c3)C2=O)cc1Cl. The number of halogens is 3. The first-order chi connectivity index (χ1) is 15.2. The molecule has 0 bridgehead atoms. The lowest BCUT2D eigenvalue weighted by Gasteiger charge is -2.26. The Balaban J connectivity index is 1.67. The van der Waals surface area contributed by atoms with Crippen LogP contribution in [0.15, 0.2) is 60.3 Å². The predicted molar refractivity (Wildman–Crippen MR) is 125 cm³/mol. The standard InChI is InChI=1S/C23H16Cl3N3O3/c1-13-4-6-16(11-19(13)25)29-22(31)17(21(30)27-23(29)32)10-15-3-2-8-28(15)12-14-5-7-18(24)20(26)9-14/h2-11H,12H2,1H3,(H,27,30,32). The molecule has 6 nitrogen and oxygen atoms in total. The van der Waals surface area contributed by atoms with Gasteiger partial charge in [0.15, 0.2) is 0 Å². The molecule has 1 fully saturated rings. The van der Waals surface area contributed by atoms with E-state index in [-0.39, 0.29) is 11.3 Å². The Morgan fingerprint density at radius 2 is 1.72 bits per heavy atom. The van der Waals surface area contributed by atoms with Crippen molar-refractivity contribution >= 4 is 64.4 Å². The molecule has 1 N–H and O–H groups in total. The number of benzene rings is 2. The number of urea groups is 1. The topological polar surface area (TPSA) is 71.4 Å². The van der Waals surface area contributed by atoms with Gasteiger partial charge in [-0.2, -0.15) is 0 Å². The van der Waals surface area contributed by atoms with Gasteiger partial charge in [-0.15, -0.1) is 0 Å². The molecule has 0 spiro atoms. The van der Waals surface area contributed by atoms with Crippen LogP contribution in [0, 0.1) is 6.92 Å². The van der Waals surface area contributed by atoms with E-state index in [0.29, 0.717) is 27.3 Å². The molecule has 1 aliphatic heterocycles. The minimum atomic E-state index is -0.830. The van der Waals surface area contributed by atoms with Crippen molar-refractivity contribution in [2.45, 2.75) is 13.5 Å². The van der Waals surface area contributed by atoms with Crippen LogP contribution >= 0.6 is 34.8 Å². The van der Waals surface area contributed by atoms with Gasteiger partial charge in [0, 0.05) is 23.5 Å². The van der Waals surface area contributed by atoms with Gasteiger partial charge in [0.1, 0.15) is 5.57 Å². The molecule has 0 atom stereocenters. The number of carbonyl (C=O) groups is 3. The number of barbiturate groups is 1. The third kappa shape index (κ3) is 4.30. The van der Waals surface area contributed by atoms with Crippen molar-refractivity contribution < 1.29 is 14.4 Å². The number of amides is 4. The van der Waals surface area contributed by atoms with E-state index in [1.54, 1.807) is 43.3 Å². The highest BCUT2D eigenvalue weighted by molar-refractivity contribution is 6.42. The van der Waals surface area contributed by atoms with Gasteiger partial charge in [0.05, 0.1) is 15.7 Å². The maximum absolute atomic E-state index is 13.1. The van der Waals surface area contributed by atoms with Crippen molar-refractivity contribution in [1.82, 2.24) is 9.88 Å². The van der Waals surface area contributed by atoms with Crippen molar-refractivity contribution in [2.75, 3.05) is 4.90 Å². The average molecular weight is 489 g/mol. The molecule has 0 radical (unpaired) electrons. The zero-order valence-corrected chi connectivity index (χ0v) is 19.0. The van der Waals surface area contributed by atoms with Crippen LogP contribution in [0.1, 0.15) is 16.8 Å². The van der Waals surface area contributed by atoms with Crippen molar-refractivity contribution in [1.29, 1.82) is 0 Å². The molecule has 3 aromatic rings. The molecule has 1 aromatic heterocycles. The molecule has 162 valence electrons. The number of nitrogens with zero attached hydrogens (tertiary/aromatic N) is 2. The second kappa shape index (κ2) is 8.82. The molecule has 4 amide bonds. The van der Waals surface area contributed by atoms with Gasteiger partial charge in [-0.25, -0.2) is 9.69 Å². The first-order valence-corrected chi connectivity index (χ1v) is 10.6. The first kappa shape index (κ1) is 22.1. The number of imide groups is 2. The smallest absolute Gasteiger partial charge is 0.335 e. The fourth-order valence-electron chi connectivity index (χ4n) is 3.30. The van der Waals surface area contributed by atoms with Crippen LogP contribution in [0.2, 0.25) is 15.1 Å². The predicted octanol–water partition coefficient (Wildman–Crippen LogP) is 5.47. The van der Waals surface area contributed by atoms with Crippen LogP contribution in [0.5, 0.6) is 0 Å². The quantitative estimate of drug-likeness (QED) is 0.391. The number of aromatic nitrogens is 1. The van der Waals surface area contributed by atoms with Gasteiger partial charge in [-0.05, 0) is 60.5 Å². The van der Waals surface area contributed by atoms with Crippen LogP contribution in [0.4, 0.5) is 10.5 Å². The largest absolute Gasteiger partial charge is 0.344 e. The van der Waals surface area contributed by atoms with Gasteiger partial charge in [0.2, 0.25) is 0 Å². The third-order valence-corrected chi connectivity index (χ3v) is 6.16. The van der Waals surface area contributed by atoms with Gasteiger partial charge in [0.25, 0.3) is 11.8 Å². The van der Waals surface area contributed by atoms with Crippen LogP contribution in [0.3, 0.4) is 0 Å². The highest BCUT2D eigenvalue weighted by Crippen LogP contribution is 2.27. The average Bonchev–Trinajstić information content (AvgIpc) is 3.17. The Labute approximate surface area is 199 Å². The second-order valence-corrected chi connectivity index (χ2v) is 8.42. The summed E-state index contributed by atoms with van der Waals surface area (Å²) in [7, 11) is 0. The number of anilines is 1. The van der Waals surface area contributed by atoms with Crippen LogP contribution in [-0.2, 0) is 16.1 Å². The molecule has 9 heteroatoms. The lowest BCUT2D eigenvalue weighted by atomic mass is 10.1. The molecule has 0 aliphatic carbocycles. The maximum atomic E-state index is 13.1. The molecule has 4 rings (SSSR count). The lowest BCUT2D eigenvalue weighted by Crippen LogP contribution is -2.54. The number of nitrogens with one attached hydrogen (secondary N) is 1. The van der Waals surface area contributed by atoms with Gasteiger partial charge in [-0.3, -0.25) is 14.9 Å². The molecule has 0 saturated carbocycles. The summed E-state index contributed by atoms with van der Waals surface area (Å²) in [6.07, 6.45) is 3.26. The molecule has 0 unspecified atom stereocenters. The van der Waals surface area contributed by atoms with Crippen molar-refractivity contribution in [2.24, 2.45) is 0 Å². The minimum absolute atomic E-state index is 0.171. The van der Waals surface area contributed by atoms with Crippen molar-refractivity contribution in [3.63, 3.8) is 0 Å². The zero-order valence-electron chi connectivity index (χ0n) is 16.7. The fourth-order valence-corrected chi connectivity index (χ4v) is 3.79. The van der Waals surface area contributed by atoms with E-state index in [9.17, 15) is 14.4 Å². The van der Waals surface area contributed by atoms with E-state index in [1.807, 2.05) is 16.8 Å².